The monoisotopic (exact) mass is 374 g/mol. The zero-order chi connectivity index (χ0) is 19.7. The van der Waals surface area contributed by atoms with E-state index in [9.17, 15) is 14.0 Å². The van der Waals surface area contributed by atoms with Crippen molar-refractivity contribution in [3.8, 4) is 0 Å². The van der Waals surface area contributed by atoms with Gasteiger partial charge in [-0.1, -0.05) is 25.0 Å². The maximum atomic E-state index is 13.3. The van der Waals surface area contributed by atoms with Crippen LogP contribution in [0.3, 0.4) is 0 Å². The van der Waals surface area contributed by atoms with E-state index in [1.165, 1.54) is 25.0 Å². The topological polar surface area (TPSA) is 49.4 Å². The molecular formula is C22H31FN2O2. The highest BCUT2D eigenvalue weighted by molar-refractivity contribution is 5.89. The lowest BCUT2D eigenvalue weighted by Gasteiger charge is -2.42. The second-order valence-electron chi connectivity index (χ2n) is 8.98. The summed E-state index contributed by atoms with van der Waals surface area (Å²) in [5.74, 6) is -0.240. The summed E-state index contributed by atoms with van der Waals surface area (Å²) in [5.41, 5.74) is -0.514. The summed E-state index contributed by atoms with van der Waals surface area (Å²) in [5, 5.41) is 3.21. The van der Waals surface area contributed by atoms with E-state index in [0.29, 0.717) is 13.1 Å². The number of rotatable bonds is 4. The van der Waals surface area contributed by atoms with Crippen LogP contribution in [0.25, 0.3) is 0 Å². The normalized spacial score (nSPS) is 24.1. The molecule has 2 aliphatic rings. The van der Waals surface area contributed by atoms with Crippen LogP contribution < -0.4 is 5.32 Å². The summed E-state index contributed by atoms with van der Waals surface area (Å²) < 4.78 is 13.2. The highest BCUT2D eigenvalue weighted by atomic mass is 19.1. The van der Waals surface area contributed by atoms with Crippen molar-refractivity contribution in [2.24, 2.45) is 5.41 Å². The molecular weight excluding hydrogens is 343 g/mol. The van der Waals surface area contributed by atoms with Gasteiger partial charge in [0.05, 0.1) is 10.8 Å². The third-order valence-electron chi connectivity index (χ3n) is 6.32. The van der Waals surface area contributed by atoms with Crippen molar-refractivity contribution >= 4 is 11.8 Å². The number of amides is 2. The van der Waals surface area contributed by atoms with Crippen LogP contribution in [0, 0.1) is 11.2 Å². The van der Waals surface area contributed by atoms with Crippen molar-refractivity contribution < 1.29 is 14.0 Å². The number of nitrogens with one attached hydrogen (secondary N) is 1. The van der Waals surface area contributed by atoms with Crippen molar-refractivity contribution in [3.05, 3.63) is 35.6 Å². The molecule has 1 saturated carbocycles. The van der Waals surface area contributed by atoms with E-state index in [1.807, 2.05) is 25.7 Å². The average Bonchev–Trinajstić information content (AvgIpc) is 3.14. The van der Waals surface area contributed by atoms with Gasteiger partial charge in [0.2, 0.25) is 11.8 Å². The molecule has 2 amide bonds. The Morgan fingerprint density at radius 3 is 2.41 bits per heavy atom. The van der Waals surface area contributed by atoms with Crippen LogP contribution in [-0.4, -0.2) is 35.8 Å². The molecule has 148 valence electrons. The molecule has 1 aliphatic heterocycles. The molecule has 1 atom stereocenters. The van der Waals surface area contributed by atoms with Crippen molar-refractivity contribution in [3.63, 3.8) is 0 Å². The van der Waals surface area contributed by atoms with Crippen molar-refractivity contribution in [2.45, 2.75) is 70.8 Å². The largest absolute Gasteiger partial charge is 0.353 e. The Hall–Kier alpha value is -1.91. The van der Waals surface area contributed by atoms with E-state index >= 15 is 0 Å². The van der Waals surface area contributed by atoms with Crippen LogP contribution in [0.2, 0.25) is 0 Å². The predicted octanol–water partition coefficient (Wildman–Crippen LogP) is 3.79. The fraction of sp³-hybridized carbons (Fsp3) is 0.636. The average molecular weight is 375 g/mol. The highest BCUT2D eigenvalue weighted by Gasteiger charge is 2.43. The minimum absolute atomic E-state index is 0.00583. The Kier molecular flexibility index (Phi) is 5.59. The van der Waals surface area contributed by atoms with E-state index in [4.69, 9.17) is 0 Å². The number of piperidine rings is 1. The third kappa shape index (κ3) is 4.17. The minimum atomic E-state index is -0.756. The maximum absolute atomic E-state index is 13.3. The molecule has 0 radical (unpaired) electrons. The lowest BCUT2D eigenvalue weighted by Crippen LogP contribution is -2.56. The van der Waals surface area contributed by atoms with Gasteiger partial charge in [0.15, 0.2) is 0 Å². The molecule has 0 aromatic heterocycles. The standard InChI is InChI=1S/C22H31FN2O2/c1-21(2,16-9-11-17(23)12-10-16)20(27)25-14-6-13-22(3,15-25)19(26)24-18-7-4-5-8-18/h9-12,18H,4-8,13-15H2,1-3H3,(H,24,26). The van der Waals surface area contributed by atoms with Gasteiger partial charge in [0, 0.05) is 19.1 Å². The molecule has 0 bridgehead atoms. The molecule has 5 heteroatoms. The van der Waals surface area contributed by atoms with Crippen molar-refractivity contribution in [2.75, 3.05) is 13.1 Å². The molecule has 1 aliphatic carbocycles. The molecule has 1 N–H and O–H groups in total. The number of nitrogens with zero attached hydrogens (tertiary/aromatic N) is 1. The summed E-state index contributed by atoms with van der Waals surface area (Å²) >= 11 is 0. The lowest BCUT2D eigenvalue weighted by atomic mass is 9.78. The maximum Gasteiger partial charge on any atom is 0.232 e. The second-order valence-corrected chi connectivity index (χ2v) is 8.98. The van der Waals surface area contributed by atoms with Gasteiger partial charge in [0.1, 0.15) is 5.82 Å². The lowest BCUT2D eigenvalue weighted by molar-refractivity contribution is -0.144. The first-order valence-electron chi connectivity index (χ1n) is 10.1. The quantitative estimate of drug-likeness (QED) is 0.872. The Labute approximate surface area is 161 Å². The van der Waals surface area contributed by atoms with Gasteiger partial charge in [-0.05, 0) is 64.2 Å². The van der Waals surface area contributed by atoms with Crippen LogP contribution in [0.4, 0.5) is 4.39 Å². The Morgan fingerprint density at radius 2 is 1.78 bits per heavy atom. The van der Waals surface area contributed by atoms with E-state index in [0.717, 1.165) is 31.2 Å². The first kappa shape index (κ1) is 19.8. The summed E-state index contributed by atoms with van der Waals surface area (Å²) in [6.45, 7) is 6.81. The Morgan fingerprint density at radius 1 is 1.15 bits per heavy atom. The van der Waals surface area contributed by atoms with Gasteiger partial charge in [-0.3, -0.25) is 9.59 Å². The number of benzene rings is 1. The number of carbonyl (C=O) groups is 2. The molecule has 27 heavy (non-hydrogen) atoms. The van der Waals surface area contributed by atoms with Crippen LogP contribution in [0.5, 0.6) is 0 Å². The van der Waals surface area contributed by atoms with E-state index in [2.05, 4.69) is 5.32 Å². The van der Waals surface area contributed by atoms with E-state index in [1.54, 1.807) is 12.1 Å². The number of carbonyl (C=O) groups excluding carboxylic acids is 2. The Bertz CT molecular complexity index is 695. The smallest absolute Gasteiger partial charge is 0.232 e. The molecule has 3 rings (SSSR count). The van der Waals surface area contributed by atoms with Crippen molar-refractivity contribution in [1.82, 2.24) is 10.2 Å². The fourth-order valence-corrected chi connectivity index (χ4v) is 4.41. The number of hydrogen-bond acceptors (Lipinski definition) is 2. The summed E-state index contributed by atoms with van der Waals surface area (Å²) in [6, 6.07) is 6.40. The molecule has 2 fully saturated rings. The van der Waals surface area contributed by atoms with Crippen LogP contribution >= 0.6 is 0 Å². The molecule has 4 nitrogen and oxygen atoms in total. The van der Waals surface area contributed by atoms with Gasteiger partial charge in [-0.15, -0.1) is 0 Å². The molecule has 1 heterocycles. The highest BCUT2D eigenvalue weighted by Crippen LogP contribution is 2.34. The van der Waals surface area contributed by atoms with Crippen molar-refractivity contribution in [1.29, 1.82) is 0 Å². The molecule has 0 spiro atoms. The molecule has 1 aromatic carbocycles. The summed E-state index contributed by atoms with van der Waals surface area (Å²) in [7, 11) is 0. The summed E-state index contributed by atoms with van der Waals surface area (Å²) in [4.78, 5) is 28.0. The number of halogens is 1. The second kappa shape index (κ2) is 7.61. The minimum Gasteiger partial charge on any atom is -0.353 e. The SMILES string of the molecule is CC1(C(=O)NC2CCCC2)CCCN(C(=O)C(C)(C)c2ccc(F)cc2)C1. The first-order valence-corrected chi connectivity index (χ1v) is 10.1. The van der Waals surface area contributed by atoms with Crippen LogP contribution in [-0.2, 0) is 15.0 Å². The number of hydrogen-bond donors (Lipinski definition) is 1. The zero-order valence-electron chi connectivity index (χ0n) is 16.7. The summed E-state index contributed by atoms with van der Waals surface area (Å²) in [6.07, 6.45) is 6.09. The fourth-order valence-electron chi connectivity index (χ4n) is 4.41. The zero-order valence-corrected chi connectivity index (χ0v) is 16.7. The van der Waals surface area contributed by atoms with E-state index < -0.39 is 10.8 Å². The van der Waals surface area contributed by atoms with Gasteiger partial charge in [0.25, 0.3) is 0 Å². The van der Waals surface area contributed by atoms with Gasteiger partial charge in [-0.2, -0.15) is 0 Å². The molecule has 1 saturated heterocycles. The van der Waals surface area contributed by atoms with Gasteiger partial charge < -0.3 is 10.2 Å². The third-order valence-corrected chi connectivity index (χ3v) is 6.32. The first-order chi connectivity index (χ1) is 12.7. The van der Waals surface area contributed by atoms with Crippen LogP contribution in [0.1, 0.15) is 64.9 Å². The number of likely N-dealkylation sites (tertiary alicyclic amines) is 1. The van der Waals surface area contributed by atoms with Gasteiger partial charge >= 0.3 is 0 Å². The molecule has 1 aromatic rings. The Balaban J connectivity index is 1.71. The van der Waals surface area contributed by atoms with Crippen LogP contribution in [0.15, 0.2) is 24.3 Å². The van der Waals surface area contributed by atoms with Gasteiger partial charge in [-0.25, -0.2) is 4.39 Å². The van der Waals surface area contributed by atoms with E-state index in [-0.39, 0.29) is 23.7 Å². The predicted molar refractivity (Wildman–Crippen MR) is 104 cm³/mol. The molecule has 1 unspecified atom stereocenters.